The van der Waals surface area contributed by atoms with Gasteiger partial charge in [-0.2, -0.15) is 0 Å². The van der Waals surface area contributed by atoms with Crippen molar-refractivity contribution in [3.63, 3.8) is 0 Å². The summed E-state index contributed by atoms with van der Waals surface area (Å²) in [6.07, 6.45) is 0.244. The predicted molar refractivity (Wildman–Crippen MR) is 95.1 cm³/mol. The Balaban J connectivity index is 1.58. The van der Waals surface area contributed by atoms with Crippen LogP contribution in [0.1, 0.15) is 11.1 Å². The van der Waals surface area contributed by atoms with Crippen LogP contribution >= 0.6 is 11.6 Å². The average molecular weight is 347 g/mol. The van der Waals surface area contributed by atoms with Crippen LogP contribution in [0.5, 0.6) is 0 Å². The predicted octanol–water partition coefficient (Wildman–Crippen LogP) is 3.68. The Labute approximate surface area is 146 Å². The van der Waals surface area contributed by atoms with Gasteiger partial charge >= 0.3 is 0 Å². The smallest absolute Gasteiger partial charge is 0.227 e. The van der Waals surface area contributed by atoms with Crippen molar-refractivity contribution in [3.05, 3.63) is 64.4 Å². The van der Waals surface area contributed by atoms with Crippen molar-refractivity contribution >= 4 is 23.2 Å². The maximum absolute atomic E-state index is 13.2. The molecule has 0 unspecified atom stereocenters. The zero-order valence-electron chi connectivity index (χ0n) is 13.6. The first-order valence-electron chi connectivity index (χ1n) is 8.06. The SMILES string of the molecule is Cc1ccc(N2CCN(C(=O)Cc3cccc(F)c3)CC2)cc1Cl. The monoisotopic (exact) mass is 346 g/mol. The van der Waals surface area contributed by atoms with Gasteiger partial charge in [0.15, 0.2) is 0 Å². The summed E-state index contributed by atoms with van der Waals surface area (Å²) < 4.78 is 13.2. The molecule has 1 amide bonds. The molecule has 24 heavy (non-hydrogen) atoms. The molecule has 0 aromatic heterocycles. The van der Waals surface area contributed by atoms with Crippen molar-refractivity contribution in [1.82, 2.24) is 4.90 Å². The Morgan fingerprint density at radius 2 is 1.88 bits per heavy atom. The van der Waals surface area contributed by atoms with Crippen LogP contribution in [-0.4, -0.2) is 37.0 Å². The normalized spacial score (nSPS) is 14.8. The van der Waals surface area contributed by atoms with Crippen LogP contribution in [0.3, 0.4) is 0 Å². The molecular formula is C19H20ClFN2O. The molecule has 3 rings (SSSR count). The van der Waals surface area contributed by atoms with Gasteiger partial charge in [0, 0.05) is 36.9 Å². The third-order valence-electron chi connectivity index (χ3n) is 4.40. The highest BCUT2D eigenvalue weighted by Crippen LogP contribution is 2.24. The second kappa shape index (κ2) is 7.22. The van der Waals surface area contributed by atoms with Crippen LogP contribution in [-0.2, 0) is 11.2 Å². The first kappa shape index (κ1) is 16.8. The van der Waals surface area contributed by atoms with Crippen LogP contribution in [0.25, 0.3) is 0 Å². The van der Waals surface area contributed by atoms with E-state index in [1.165, 1.54) is 12.1 Å². The van der Waals surface area contributed by atoms with Gasteiger partial charge < -0.3 is 9.80 Å². The molecule has 3 nitrogen and oxygen atoms in total. The maximum Gasteiger partial charge on any atom is 0.227 e. The minimum Gasteiger partial charge on any atom is -0.368 e. The zero-order valence-corrected chi connectivity index (χ0v) is 14.4. The molecule has 0 aliphatic carbocycles. The molecule has 1 heterocycles. The molecule has 5 heteroatoms. The Morgan fingerprint density at radius 3 is 2.54 bits per heavy atom. The van der Waals surface area contributed by atoms with Gasteiger partial charge in [0.05, 0.1) is 6.42 Å². The summed E-state index contributed by atoms with van der Waals surface area (Å²) in [5, 5.41) is 0.761. The lowest BCUT2D eigenvalue weighted by Crippen LogP contribution is -2.49. The fraction of sp³-hybridized carbons (Fsp3) is 0.316. The van der Waals surface area contributed by atoms with Crippen molar-refractivity contribution in [3.8, 4) is 0 Å². The number of aryl methyl sites for hydroxylation is 1. The van der Waals surface area contributed by atoms with Gasteiger partial charge in [-0.25, -0.2) is 4.39 Å². The maximum atomic E-state index is 13.2. The molecule has 0 N–H and O–H groups in total. The Bertz CT molecular complexity index is 742. The van der Waals surface area contributed by atoms with Crippen molar-refractivity contribution in [2.24, 2.45) is 0 Å². The zero-order chi connectivity index (χ0) is 17.1. The lowest BCUT2D eigenvalue weighted by Gasteiger charge is -2.36. The number of benzene rings is 2. The number of carbonyl (C=O) groups is 1. The summed E-state index contributed by atoms with van der Waals surface area (Å²) in [5.74, 6) is -0.261. The number of halogens is 2. The molecule has 1 aliphatic heterocycles. The molecule has 0 bridgehead atoms. The highest BCUT2D eigenvalue weighted by molar-refractivity contribution is 6.31. The fourth-order valence-electron chi connectivity index (χ4n) is 2.93. The first-order chi connectivity index (χ1) is 11.5. The van der Waals surface area contributed by atoms with Crippen LogP contribution < -0.4 is 4.90 Å². The summed E-state index contributed by atoms with van der Waals surface area (Å²) in [6, 6.07) is 12.3. The van der Waals surface area contributed by atoms with E-state index in [0.717, 1.165) is 29.4 Å². The van der Waals surface area contributed by atoms with Gasteiger partial charge in [0.1, 0.15) is 5.82 Å². The highest BCUT2D eigenvalue weighted by atomic mass is 35.5. The van der Waals surface area contributed by atoms with E-state index < -0.39 is 0 Å². The fourth-order valence-corrected chi connectivity index (χ4v) is 3.10. The number of amides is 1. The first-order valence-corrected chi connectivity index (χ1v) is 8.44. The molecule has 2 aromatic carbocycles. The molecule has 1 aliphatic rings. The van der Waals surface area contributed by atoms with Gasteiger partial charge in [-0.05, 0) is 42.3 Å². The van der Waals surface area contributed by atoms with E-state index in [-0.39, 0.29) is 18.1 Å². The third-order valence-corrected chi connectivity index (χ3v) is 4.80. The number of hydrogen-bond acceptors (Lipinski definition) is 2. The van der Waals surface area contributed by atoms with Crippen LogP contribution in [0, 0.1) is 12.7 Å². The number of nitrogens with zero attached hydrogens (tertiary/aromatic N) is 2. The van der Waals surface area contributed by atoms with Crippen molar-refractivity contribution in [1.29, 1.82) is 0 Å². The summed E-state index contributed by atoms with van der Waals surface area (Å²) in [4.78, 5) is 16.5. The summed E-state index contributed by atoms with van der Waals surface area (Å²) >= 11 is 6.19. The molecule has 0 saturated carbocycles. The molecule has 0 spiro atoms. The molecule has 2 aromatic rings. The number of carbonyl (C=O) groups excluding carboxylic acids is 1. The number of hydrogen-bond donors (Lipinski definition) is 0. The summed E-state index contributed by atoms with van der Waals surface area (Å²) in [7, 11) is 0. The topological polar surface area (TPSA) is 23.6 Å². The third kappa shape index (κ3) is 3.88. The minimum atomic E-state index is -0.304. The number of anilines is 1. The molecule has 1 fully saturated rings. The van der Waals surface area contributed by atoms with E-state index in [1.807, 2.05) is 24.0 Å². The molecule has 126 valence electrons. The number of rotatable bonds is 3. The van der Waals surface area contributed by atoms with Gasteiger partial charge in [-0.1, -0.05) is 29.8 Å². The Morgan fingerprint density at radius 1 is 1.12 bits per heavy atom. The van der Waals surface area contributed by atoms with Crippen molar-refractivity contribution in [2.45, 2.75) is 13.3 Å². The lowest BCUT2D eigenvalue weighted by molar-refractivity contribution is -0.130. The largest absolute Gasteiger partial charge is 0.368 e. The van der Waals surface area contributed by atoms with Gasteiger partial charge in [0.2, 0.25) is 5.91 Å². The van der Waals surface area contributed by atoms with Crippen LogP contribution in [0.2, 0.25) is 5.02 Å². The lowest BCUT2D eigenvalue weighted by atomic mass is 10.1. The summed E-state index contributed by atoms with van der Waals surface area (Å²) in [5.41, 5.74) is 2.86. The van der Waals surface area contributed by atoms with Crippen molar-refractivity contribution in [2.75, 3.05) is 31.1 Å². The molecule has 1 saturated heterocycles. The van der Waals surface area contributed by atoms with E-state index >= 15 is 0 Å². The highest BCUT2D eigenvalue weighted by Gasteiger charge is 2.21. The van der Waals surface area contributed by atoms with E-state index in [9.17, 15) is 9.18 Å². The van der Waals surface area contributed by atoms with E-state index in [2.05, 4.69) is 11.0 Å². The van der Waals surface area contributed by atoms with Gasteiger partial charge in [-0.15, -0.1) is 0 Å². The van der Waals surface area contributed by atoms with Gasteiger partial charge in [-0.3, -0.25) is 4.79 Å². The quantitative estimate of drug-likeness (QED) is 0.846. The van der Waals surface area contributed by atoms with E-state index in [0.29, 0.717) is 18.7 Å². The second-order valence-corrected chi connectivity index (χ2v) is 6.52. The van der Waals surface area contributed by atoms with Crippen molar-refractivity contribution < 1.29 is 9.18 Å². The van der Waals surface area contributed by atoms with E-state index in [1.54, 1.807) is 12.1 Å². The summed E-state index contributed by atoms with van der Waals surface area (Å²) in [6.45, 7) is 4.86. The molecule has 0 atom stereocenters. The standard InChI is InChI=1S/C19H20ClFN2O/c1-14-5-6-17(13-18(14)20)22-7-9-23(10-8-22)19(24)12-15-3-2-4-16(21)11-15/h2-6,11,13H,7-10,12H2,1H3. The minimum absolute atomic E-state index is 0.0437. The molecular weight excluding hydrogens is 327 g/mol. The Hall–Kier alpha value is -2.07. The van der Waals surface area contributed by atoms with Crippen LogP contribution in [0.4, 0.5) is 10.1 Å². The van der Waals surface area contributed by atoms with Crippen LogP contribution in [0.15, 0.2) is 42.5 Å². The second-order valence-electron chi connectivity index (χ2n) is 6.11. The van der Waals surface area contributed by atoms with Gasteiger partial charge in [0.25, 0.3) is 0 Å². The van der Waals surface area contributed by atoms with E-state index in [4.69, 9.17) is 11.6 Å². The molecule has 0 radical (unpaired) electrons. The number of piperazine rings is 1. The average Bonchev–Trinajstić information content (AvgIpc) is 2.57. The Kier molecular flexibility index (Phi) is 5.05.